The third-order valence-corrected chi connectivity index (χ3v) is 4.85. The van der Waals surface area contributed by atoms with Crippen LogP contribution in [0.25, 0.3) is 0 Å². The monoisotopic (exact) mass is 260 g/mol. The molecule has 0 saturated heterocycles. The van der Waals surface area contributed by atoms with Crippen molar-refractivity contribution in [1.82, 2.24) is 0 Å². The Morgan fingerprint density at radius 2 is 1.74 bits per heavy atom. The van der Waals surface area contributed by atoms with Crippen LogP contribution in [0.4, 0.5) is 0 Å². The molecular formula is C18H28O. The first-order chi connectivity index (χ1) is 9.10. The summed E-state index contributed by atoms with van der Waals surface area (Å²) in [6.45, 7) is 6.82. The highest BCUT2D eigenvalue weighted by Gasteiger charge is 2.30. The van der Waals surface area contributed by atoms with Crippen molar-refractivity contribution in [2.24, 2.45) is 17.8 Å². The molecular weight excluding hydrogens is 232 g/mol. The Hall–Kier alpha value is -0.820. The number of aryl methyl sites for hydroxylation is 1. The second-order valence-corrected chi connectivity index (χ2v) is 6.52. The molecule has 0 spiro atoms. The summed E-state index contributed by atoms with van der Waals surface area (Å²) in [6, 6.07) is 8.93. The lowest BCUT2D eigenvalue weighted by Gasteiger charge is -2.35. The molecule has 1 aromatic carbocycles. The Morgan fingerprint density at radius 1 is 1.11 bits per heavy atom. The molecule has 0 radical (unpaired) electrons. The molecule has 106 valence electrons. The van der Waals surface area contributed by atoms with Crippen LogP contribution in [-0.4, -0.2) is 11.2 Å². The molecule has 2 rings (SSSR count). The molecule has 1 saturated carbocycles. The average molecular weight is 260 g/mol. The summed E-state index contributed by atoms with van der Waals surface area (Å²) in [5.74, 6) is 1.99. The summed E-state index contributed by atoms with van der Waals surface area (Å²) < 4.78 is 0. The maximum Gasteiger partial charge on any atom is 0.0571 e. The van der Waals surface area contributed by atoms with Gasteiger partial charge in [0.25, 0.3) is 0 Å². The predicted molar refractivity (Wildman–Crippen MR) is 81.2 cm³/mol. The summed E-state index contributed by atoms with van der Waals surface area (Å²) in [7, 11) is 0. The van der Waals surface area contributed by atoms with Crippen LogP contribution in [0.1, 0.15) is 51.2 Å². The molecule has 1 aromatic rings. The zero-order chi connectivity index (χ0) is 13.8. The lowest BCUT2D eigenvalue weighted by molar-refractivity contribution is 0.0378. The number of aliphatic hydroxyl groups excluding tert-OH is 1. The van der Waals surface area contributed by atoms with E-state index in [1.54, 1.807) is 0 Å². The lowest BCUT2D eigenvalue weighted by Crippen LogP contribution is -2.32. The van der Waals surface area contributed by atoms with Gasteiger partial charge in [-0.3, -0.25) is 0 Å². The smallest absolute Gasteiger partial charge is 0.0571 e. The van der Waals surface area contributed by atoms with Crippen LogP contribution in [0.15, 0.2) is 24.3 Å². The third-order valence-electron chi connectivity index (χ3n) is 4.85. The van der Waals surface area contributed by atoms with Gasteiger partial charge in [-0.25, -0.2) is 0 Å². The summed E-state index contributed by atoms with van der Waals surface area (Å²) in [6.07, 6.45) is 5.41. The van der Waals surface area contributed by atoms with Gasteiger partial charge in [0.15, 0.2) is 0 Å². The van der Waals surface area contributed by atoms with Gasteiger partial charge in [0, 0.05) is 0 Å². The van der Waals surface area contributed by atoms with Crippen LogP contribution in [0.3, 0.4) is 0 Å². The Balaban J connectivity index is 1.99. The molecule has 1 nitrogen and oxygen atoms in total. The molecule has 0 aromatic heterocycles. The first kappa shape index (κ1) is 14.6. The highest BCUT2D eigenvalue weighted by atomic mass is 16.3. The molecule has 1 N–H and O–H groups in total. The predicted octanol–water partition coefficient (Wildman–Crippen LogP) is 4.22. The fourth-order valence-electron chi connectivity index (χ4n) is 3.32. The van der Waals surface area contributed by atoms with Gasteiger partial charge in [-0.1, -0.05) is 45.0 Å². The molecule has 1 fully saturated rings. The molecule has 1 aliphatic carbocycles. The number of aliphatic hydroxyl groups is 1. The molecule has 0 bridgehead atoms. The van der Waals surface area contributed by atoms with Crippen molar-refractivity contribution < 1.29 is 5.11 Å². The number of hydrogen-bond donors (Lipinski definition) is 1. The van der Waals surface area contributed by atoms with E-state index in [2.05, 4.69) is 45.0 Å². The second kappa shape index (κ2) is 6.56. The van der Waals surface area contributed by atoms with E-state index in [0.29, 0.717) is 5.92 Å². The first-order valence-corrected chi connectivity index (χ1v) is 7.86. The topological polar surface area (TPSA) is 20.2 Å². The van der Waals surface area contributed by atoms with Crippen LogP contribution in [0.2, 0.25) is 0 Å². The summed E-state index contributed by atoms with van der Waals surface area (Å²) in [5.41, 5.74) is 2.78. The van der Waals surface area contributed by atoms with Crippen molar-refractivity contribution in [1.29, 1.82) is 0 Å². The van der Waals surface area contributed by atoms with Crippen molar-refractivity contribution in [3.63, 3.8) is 0 Å². The molecule has 3 unspecified atom stereocenters. The maximum atomic E-state index is 10.2. The van der Waals surface area contributed by atoms with Crippen LogP contribution in [-0.2, 0) is 12.8 Å². The molecule has 0 amide bonds. The highest BCUT2D eigenvalue weighted by Crippen LogP contribution is 2.35. The van der Waals surface area contributed by atoms with E-state index in [4.69, 9.17) is 0 Å². The van der Waals surface area contributed by atoms with Crippen molar-refractivity contribution in [3.8, 4) is 0 Å². The quantitative estimate of drug-likeness (QED) is 0.859. The van der Waals surface area contributed by atoms with Crippen LogP contribution < -0.4 is 0 Å². The maximum absolute atomic E-state index is 10.2. The summed E-state index contributed by atoms with van der Waals surface area (Å²) >= 11 is 0. The summed E-state index contributed by atoms with van der Waals surface area (Å²) in [4.78, 5) is 0. The largest absolute Gasteiger partial charge is 0.393 e. The molecule has 19 heavy (non-hydrogen) atoms. The summed E-state index contributed by atoms with van der Waals surface area (Å²) in [5, 5.41) is 10.2. The van der Waals surface area contributed by atoms with E-state index in [0.717, 1.165) is 31.1 Å². The molecule has 1 heteroatoms. The number of hydrogen-bond acceptors (Lipinski definition) is 1. The van der Waals surface area contributed by atoms with Crippen LogP contribution >= 0.6 is 0 Å². The second-order valence-electron chi connectivity index (χ2n) is 6.52. The van der Waals surface area contributed by atoms with Gasteiger partial charge in [-0.2, -0.15) is 0 Å². The fourth-order valence-corrected chi connectivity index (χ4v) is 3.32. The Morgan fingerprint density at radius 3 is 2.32 bits per heavy atom. The zero-order valence-corrected chi connectivity index (χ0v) is 12.6. The Bertz CT molecular complexity index is 379. The fraction of sp³-hybridized carbons (Fsp3) is 0.667. The van der Waals surface area contributed by atoms with Gasteiger partial charge in [-0.05, 0) is 61.0 Å². The highest BCUT2D eigenvalue weighted by molar-refractivity contribution is 5.23. The lowest BCUT2D eigenvalue weighted by atomic mass is 9.73. The molecule has 0 heterocycles. The van der Waals surface area contributed by atoms with E-state index in [-0.39, 0.29) is 6.10 Å². The number of rotatable bonds is 4. The third kappa shape index (κ3) is 3.82. The van der Waals surface area contributed by atoms with E-state index >= 15 is 0 Å². The normalized spacial score (nSPS) is 27.7. The Kier molecular flexibility index (Phi) is 5.04. The molecule has 0 aliphatic heterocycles. The van der Waals surface area contributed by atoms with Gasteiger partial charge in [0.1, 0.15) is 0 Å². The van der Waals surface area contributed by atoms with Crippen molar-refractivity contribution >= 4 is 0 Å². The van der Waals surface area contributed by atoms with E-state index in [9.17, 15) is 5.11 Å². The standard InChI is InChI=1S/C18H28O/c1-4-14-5-7-15(8-6-14)11-17-12-16(13(2)3)9-10-18(17)19/h5-8,13,16-19H,4,9-12H2,1-3H3. The van der Waals surface area contributed by atoms with Crippen molar-refractivity contribution in [2.75, 3.05) is 0 Å². The van der Waals surface area contributed by atoms with E-state index in [1.165, 1.54) is 24.0 Å². The van der Waals surface area contributed by atoms with Crippen molar-refractivity contribution in [2.45, 2.75) is 59.0 Å². The SMILES string of the molecule is CCc1ccc(CC2CC(C(C)C)CCC2O)cc1. The van der Waals surface area contributed by atoms with Gasteiger partial charge in [0.05, 0.1) is 6.10 Å². The van der Waals surface area contributed by atoms with E-state index in [1.807, 2.05) is 0 Å². The minimum absolute atomic E-state index is 0.0964. The van der Waals surface area contributed by atoms with Gasteiger partial charge >= 0.3 is 0 Å². The molecule has 3 atom stereocenters. The number of benzene rings is 1. The minimum Gasteiger partial charge on any atom is -0.393 e. The minimum atomic E-state index is -0.0964. The zero-order valence-electron chi connectivity index (χ0n) is 12.6. The average Bonchev–Trinajstić information content (AvgIpc) is 2.42. The van der Waals surface area contributed by atoms with E-state index < -0.39 is 0 Å². The first-order valence-electron chi connectivity index (χ1n) is 7.86. The van der Waals surface area contributed by atoms with Gasteiger partial charge < -0.3 is 5.11 Å². The van der Waals surface area contributed by atoms with Crippen LogP contribution in [0.5, 0.6) is 0 Å². The van der Waals surface area contributed by atoms with Crippen molar-refractivity contribution in [3.05, 3.63) is 35.4 Å². The van der Waals surface area contributed by atoms with Gasteiger partial charge in [-0.15, -0.1) is 0 Å². The molecule has 1 aliphatic rings. The Labute approximate surface area is 118 Å². The van der Waals surface area contributed by atoms with Crippen LogP contribution in [0, 0.1) is 17.8 Å². The van der Waals surface area contributed by atoms with Gasteiger partial charge in [0.2, 0.25) is 0 Å².